The molecule has 0 spiro atoms. The SMILES string of the molecule is CCCOc1ccc(OCCn2nnc(N)c2C)cc1. The predicted octanol–water partition coefficient (Wildman–Crippen LogP) is 2.04. The monoisotopic (exact) mass is 276 g/mol. The van der Waals surface area contributed by atoms with E-state index < -0.39 is 0 Å². The van der Waals surface area contributed by atoms with Gasteiger partial charge in [-0.1, -0.05) is 12.1 Å². The highest BCUT2D eigenvalue weighted by Gasteiger charge is 2.04. The van der Waals surface area contributed by atoms with Crippen LogP contribution < -0.4 is 15.2 Å². The summed E-state index contributed by atoms with van der Waals surface area (Å²) in [6, 6.07) is 7.61. The smallest absolute Gasteiger partial charge is 0.168 e. The van der Waals surface area contributed by atoms with E-state index in [4.69, 9.17) is 15.2 Å². The molecule has 0 saturated carbocycles. The normalized spacial score (nSPS) is 10.5. The maximum Gasteiger partial charge on any atom is 0.168 e. The Kier molecular flexibility index (Phi) is 4.81. The number of nitrogens with zero attached hydrogens (tertiary/aromatic N) is 3. The average Bonchev–Trinajstić information content (AvgIpc) is 2.78. The zero-order valence-corrected chi connectivity index (χ0v) is 11.9. The van der Waals surface area contributed by atoms with Crippen molar-refractivity contribution in [2.24, 2.45) is 0 Å². The summed E-state index contributed by atoms with van der Waals surface area (Å²) in [6.45, 7) is 5.82. The summed E-state index contributed by atoms with van der Waals surface area (Å²) in [5, 5.41) is 7.74. The van der Waals surface area contributed by atoms with Crippen molar-refractivity contribution in [3.8, 4) is 11.5 Å². The number of benzene rings is 1. The molecule has 20 heavy (non-hydrogen) atoms. The molecule has 6 nitrogen and oxygen atoms in total. The van der Waals surface area contributed by atoms with Crippen LogP contribution in [-0.4, -0.2) is 28.2 Å². The highest BCUT2D eigenvalue weighted by molar-refractivity contribution is 5.32. The Morgan fingerprint density at radius 1 is 1.10 bits per heavy atom. The Hall–Kier alpha value is -2.24. The first-order valence-electron chi connectivity index (χ1n) is 6.72. The summed E-state index contributed by atoms with van der Waals surface area (Å²) in [4.78, 5) is 0. The lowest BCUT2D eigenvalue weighted by Crippen LogP contribution is -2.11. The van der Waals surface area contributed by atoms with Gasteiger partial charge >= 0.3 is 0 Å². The predicted molar refractivity (Wildman–Crippen MR) is 76.9 cm³/mol. The molecule has 2 N–H and O–H groups in total. The molecule has 0 radical (unpaired) electrons. The Morgan fingerprint density at radius 2 is 1.70 bits per heavy atom. The fourth-order valence-electron chi connectivity index (χ4n) is 1.69. The van der Waals surface area contributed by atoms with Crippen LogP contribution in [0.5, 0.6) is 11.5 Å². The van der Waals surface area contributed by atoms with Crippen molar-refractivity contribution in [3.63, 3.8) is 0 Å². The van der Waals surface area contributed by atoms with Crippen LogP contribution in [0, 0.1) is 6.92 Å². The fourth-order valence-corrected chi connectivity index (χ4v) is 1.69. The van der Waals surface area contributed by atoms with Gasteiger partial charge in [0, 0.05) is 0 Å². The Morgan fingerprint density at radius 3 is 2.20 bits per heavy atom. The number of ether oxygens (including phenoxy) is 2. The Bertz CT molecular complexity index is 537. The first-order chi connectivity index (χ1) is 9.70. The number of anilines is 1. The van der Waals surface area contributed by atoms with Gasteiger partial charge in [0.25, 0.3) is 0 Å². The van der Waals surface area contributed by atoms with E-state index in [1.165, 1.54) is 0 Å². The van der Waals surface area contributed by atoms with Crippen LogP contribution in [0.4, 0.5) is 5.82 Å². The quantitative estimate of drug-likeness (QED) is 0.837. The number of aromatic nitrogens is 3. The molecule has 1 aromatic heterocycles. The summed E-state index contributed by atoms with van der Waals surface area (Å²) in [7, 11) is 0. The molecule has 0 unspecified atom stereocenters. The number of rotatable bonds is 7. The van der Waals surface area contributed by atoms with Gasteiger partial charge in [-0.15, -0.1) is 5.10 Å². The molecule has 2 rings (SSSR count). The van der Waals surface area contributed by atoms with Gasteiger partial charge in [-0.25, -0.2) is 4.68 Å². The standard InChI is InChI=1S/C14H20N4O2/c1-3-9-19-12-4-6-13(7-5-12)20-10-8-18-11(2)14(15)16-17-18/h4-7H,3,8-10,15H2,1-2H3. The molecule has 0 amide bonds. The van der Waals surface area contributed by atoms with Gasteiger partial charge < -0.3 is 15.2 Å². The maximum absolute atomic E-state index is 5.65. The largest absolute Gasteiger partial charge is 0.494 e. The number of hydrogen-bond acceptors (Lipinski definition) is 5. The van der Waals surface area contributed by atoms with Crippen LogP contribution in [0.1, 0.15) is 19.0 Å². The Labute approximate surface area is 118 Å². The van der Waals surface area contributed by atoms with Crippen molar-refractivity contribution in [2.45, 2.75) is 26.8 Å². The molecule has 0 aliphatic heterocycles. The summed E-state index contributed by atoms with van der Waals surface area (Å²) in [6.07, 6.45) is 0.999. The van der Waals surface area contributed by atoms with Crippen LogP contribution in [0.3, 0.4) is 0 Å². The summed E-state index contributed by atoms with van der Waals surface area (Å²) in [5.74, 6) is 2.13. The number of hydrogen-bond donors (Lipinski definition) is 1. The zero-order chi connectivity index (χ0) is 14.4. The molecule has 0 fully saturated rings. The van der Waals surface area contributed by atoms with Gasteiger partial charge in [-0.2, -0.15) is 0 Å². The van der Waals surface area contributed by atoms with Crippen LogP contribution in [-0.2, 0) is 6.54 Å². The fraction of sp³-hybridized carbons (Fsp3) is 0.429. The van der Waals surface area contributed by atoms with Crippen molar-refractivity contribution >= 4 is 5.82 Å². The first-order valence-corrected chi connectivity index (χ1v) is 6.72. The van der Waals surface area contributed by atoms with Gasteiger partial charge in [0.05, 0.1) is 18.8 Å². The van der Waals surface area contributed by atoms with Crippen LogP contribution in [0.2, 0.25) is 0 Å². The first kappa shape index (κ1) is 14.2. The molecule has 0 bridgehead atoms. The van der Waals surface area contributed by atoms with Gasteiger partial charge in [-0.05, 0) is 37.6 Å². The lowest BCUT2D eigenvalue weighted by atomic mass is 10.3. The van der Waals surface area contributed by atoms with Crippen LogP contribution >= 0.6 is 0 Å². The molecule has 0 atom stereocenters. The van der Waals surface area contributed by atoms with E-state index in [2.05, 4.69) is 17.2 Å². The maximum atomic E-state index is 5.65. The molecule has 0 aliphatic carbocycles. The Balaban J connectivity index is 1.80. The topological polar surface area (TPSA) is 75.2 Å². The van der Waals surface area contributed by atoms with Crippen LogP contribution in [0.15, 0.2) is 24.3 Å². The third-order valence-electron chi connectivity index (χ3n) is 2.89. The van der Waals surface area contributed by atoms with Gasteiger partial charge in [-0.3, -0.25) is 0 Å². The highest BCUT2D eigenvalue weighted by atomic mass is 16.5. The highest BCUT2D eigenvalue weighted by Crippen LogP contribution is 2.17. The van der Waals surface area contributed by atoms with Crippen molar-refractivity contribution in [3.05, 3.63) is 30.0 Å². The lowest BCUT2D eigenvalue weighted by molar-refractivity contribution is 0.286. The summed E-state index contributed by atoms with van der Waals surface area (Å²) in [5.41, 5.74) is 6.49. The van der Waals surface area contributed by atoms with E-state index >= 15 is 0 Å². The summed E-state index contributed by atoms with van der Waals surface area (Å²) >= 11 is 0. The molecule has 6 heteroatoms. The van der Waals surface area contributed by atoms with E-state index in [-0.39, 0.29) is 0 Å². The molecular formula is C14H20N4O2. The van der Waals surface area contributed by atoms with Crippen molar-refractivity contribution in [2.75, 3.05) is 18.9 Å². The van der Waals surface area contributed by atoms with E-state index in [0.717, 1.165) is 30.2 Å². The minimum atomic E-state index is 0.461. The van der Waals surface area contributed by atoms with E-state index in [0.29, 0.717) is 19.0 Å². The molecule has 2 aromatic rings. The molecule has 1 aromatic carbocycles. The molecule has 0 saturated heterocycles. The van der Waals surface area contributed by atoms with Gasteiger partial charge in [0.15, 0.2) is 5.82 Å². The van der Waals surface area contributed by atoms with E-state index in [1.807, 2.05) is 31.2 Å². The lowest BCUT2D eigenvalue weighted by Gasteiger charge is -2.08. The van der Waals surface area contributed by atoms with Gasteiger partial charge in [0.1, 0.15) is 18.1 Å². The molecule has 108 valence electrons. The molecular weight excluding hydrogens is 256 g/mol. The third kappa shape index (κ3) is 3.63. The third-order valence-corrected chi connectivity index (χ3v) is 2.89. The summed E-state index contributed by atoms with van der Waals surface area (Å²) < 4.78 is 12.9. The van der Waals surface area contributed by atoms with E-state index in [9.17, 15) is 0 Å². The second-order valence-electron chi connectivity index (χ2n) is 4.45. The minimum absolute atomic E-state index is 0.461. The molecule has 1 heterocycles. The average molecular weight is 276 g/mol. The van der Waals surface area contributed by atoms with Crippen LogP contribution in [0.25, 0.3) is 0 Å². The van der Waals surface area contributed by atoms with Crippen molar-refractivity contribution in [1.29, 1.82) is 0 Å². The van der Waals surface area contributed by atoms with Crippen molar-refractivity contribution < 1.29 is 9.47 Å². The number of nitrogens with two attached hydrogens (primary N) is 1. The number of nitrogen functional groups attached to an aromatic ring is 1. The zero-order valence-electron chi connectivity index (χ0n) is 11.9. The van der Waals surface area contributed by atoms with Gasteiger partial charge in [0.2, 0.25) is 0 Å². The minimum Gasteiger partial charge on any atom is -0.494 e. The second kappa shape index (κ2) is 6.79. The molecule has 0 aliphatic rings. The second-order valence-corrected chi connectivity index (χ2v) is 4.45. The van der Waals surface area contributed by atoms with Crippen molar-refractivity contribution in [1.82, 2.24) is 15.0 Å². The van der Waals surface area contributed by atoms with E-state index in [1.54, 1.807) is 4.68 Å².